The number of anilines is 1. The molecule has 2 aromatic carbocycles. The zero-order chi connectivity index (χ0) is 23.4. The SMILES string of the molecule is COc1ccc([C@H]2c3c(oc4c(Cl)cc(Cl)cc4c3=O)C(=O)N2c2cc(C)on2)cc1OC. The fourth-order valence-electron chi connectivity index (χ4n) is 4.04. The van der Waals surface area contributed by atoms with Crippen LogP contribution in [-0.2, 0) is 0 Å². The van der Waals surface area contributed by atoms with E-state index in [1.807, 2.05) is 0 Å². The third kappa shape index (κ3) is 3.25. The van der Waals surface area contributed by atoms with Gasteiger partial charge in [-0.1, -0.05) is 34.4 Å². The molecule has 0 radical (unpaired) electrons. The molecule has 4 aromatic rings. The molecule has 1 atom stereocenters. The standard InChI is InChI=1S/C23H16Cl2N2O6/c1-10-6-17(26-33-10)27-19(11-4-5-15(30-2)16(7-11)31-3)18-20(28)13-8-12(24)9-14(25)21(13)32-22(18)23(27)29/h4-9,19H,1-3H3/t19-/m0/s1. The van der Waals surface area contributed by atoms with E-state index in [-0.39, 0.29) is 38.2 Å². The molecule has 1 aliphatic heterocycles. The summed E-state index contributed by atoms with van der Waals surface area (Å²) in [5, 5.41) is 4.57. The number of fused-ring (bicyclic) bond motifs is 2. The molecule has 3 heterocycles. The van der Waals surface area contributed by atoms with Gasteiger partial charge in [-0.15, -0.1) is 0 Å². The van der Waals surface area contributed by atoms with Crippen molar-refractivity contribution in [3.05, 3.63) is 79.3 Å². The molecule has 1 aliphatic rings. The second-order valence-corrected chi connectivity index (χ2v) is 8.27. The molecule has 0 saturated heterocycles. The Bertz CT molecular complexity index is 1490. The number of aryl methyl sites for hydroxylation is 1. The third-order valence-electron chi connectivity index (χ3n) is 5.48. The highest BCUT2D eigenvalue weighted by atomic mass is 35.5. The van der Waals surface area contributed by atoms with Crippen LogP contribution in [0, 0.1) is 6.92 Å². The first-order valence-electron chi connectivity index (χ1n) is 9.78. The molecule has 0 aliphatic carbocycles. The van der Waals surface area contributed by atoms with E-state index in [1.54, 1.807) is 31.2 Å². The molecule has 0 unspecified atom stereocenters. The number of methoxy groups -OCH3 is 2. The van der Waals surface area contributed by atoms with Gasteiger partial charge in [0, 0.05) is 11.1 Å². The molecule has 33 heavy (non-hydrogen) atoms. The largest absolute Gasteiger partial charge is 0.493 e. The monoisotopic (exact) mass is 486 g/mol. The molecule has 0 spiro atoms. The Kier molecular flexibility index (Phi) is 5.07. The second kappa shape index (κ2) is 7.83. The summed E-state index contributed by atoms with van der Waals surface area (Å²) < 4.78 is 21.8. The number of carbonyl (C=O) groups excluding carboxylic acids is 1. The van der Waals surface area contributed by atoms with Gasteiger partial charge >= 0.3 is 0 Å². The number of carbonyl (C=O) groups is 1. The predicted molar refractivity (Wildman–Crippen MR) is 122 cm³/mol. The molecule has 1 amide bonds. The molecule has 0 bridgehead atoms. The molecule has 168 valence electrons. The van der Waals surface area contributed by atoms with Crippen LogP contribution in [0.15, 0.2) is 50.1 Å². The summed E-state index contributed by atoms with van der Waals surface area (Å²) in [6.45, 7) is 1.70. The van der Waals surface area contributed by atoms with Gasteiger partial charge in [-0.3, -0.25) is 14.5 Å². The molecule has 5 rings (SSSR count). The maximum absolute atomic E-state index is 13.7. The van der Waals surface area contributed by atoms with Crippen molar-refractivity contribution in [1.29, 1.82) is 0 Å². The van der Waals surface area contributed by atoms with E-state index >= 15 is 0 Å². The quantitative estimate of drug-likeness (QED) is 0.392. The van der Waals surface area contributed by atoms with Crippen molar-refractivity contribution >= 4 is 45.9 Å². The van der Waals surface area contributed by atoms with E-state index in [0.29, 0.717) is 22.8 Å². The number of nitrogens with zero attached hydrogens (tertiary/aromatic N) is 2. The topological polar surface area (TPSA) is 95.0 Å². The van der Waals surface area contributed by atoms with Crippen LogP contribution in [0.5, 0.6) is 11.5 Å². The molecule has 0 fully saturated rings. The van der Waals surface area contributed by atoms with Gasteiger partial charge in [-0.2, -0.15) is 0 Å². The summed E-state index contributed by atoms with van der Waals surface area (Å²) in [4.78, 5) is 28.5. The van der Waals surface area contributed by atoms with E-state index in [1.165, 1.54) is 31.3 Å². The number of ether oxygens (including phenoxy) is 2. The second-order valence-electron chi connectivity index (χ2n) is 7.43. The van der Waals surface area contributed by atoms with Crippen LogP contribution < -0.4 is 19.8 Å². The number of benzene rings is 2. The predicted octanol–water partition coefficient (Wildman–Crippen LogP) is 5.16. The van der Waals surface area contributed by atoms with Crippen molar-refractivity contribution in [3.8, 4) is 11.5 Å². The highest BCUT2D eigenvalue weighted by Gasteiger charge is 2.45. The van der Waals surface area contributed by atoms with Crippen LogP contribution in [0.25, 0.3) is 11.0 Å². The number of amides is 1. The maximum atomic E-state index is 13.7. The molecule has 10 heteroatoms. The van der Waals surface area contributed by atoms with Crippen molar-refractivity contribution in [2.24, 2.45) is 0 Å². The summed E-state index contributed by atoms with van der Waals surface area (Å²) >= 11 is 12.4. The summed E-state index contributed by atoms with van der Waals surface area (Å²) in [6.07, 6.45) is 0. The van der Waals surface area contributed by atoms with E-state index in [4.69, 9.17) is 41.6 Å². The first kappa shape index (κ1) is 21.4. The van der Waals surface area contributed by atoms with Crippen molar-refractivity contribution in [2.45, 2.75) is 13.0 Å². The van der Waals surface area contributed by atoms with Crippen LogP contribution >= 0.6 is 23.2 Å². The Labute approximate surface area is 197 Å². The fraction of sp³-hybridized carbons (Fsp3) is 0.174. The molecule has 2 aromatic heterocycles. The maximum Gasteiger partial charge on any atom is 0.296 e. The lowest BCUT2D eigenvalue weighted by atomic mass is 9.98. The minimum absolute atomic E-state index is 0.0856. The van der Waals surface area contributed by atoms with E-state index < -0.39 is 17.4 Å². The van der Waals surface area contributed by atoms with Gasteiger partial charge in [-0.25, -0.2) is 0 Å². The van der Waals surface area contributed by atoms with Crippen LogP contribution in [0.1, 0.15) is 33.5 Å². The zero-order valence-corrected chi connectivity index (χ0v) is 19.2. The average molecular weight is 487 g/mol. The van der Waals surface area contributed by atoms with Gasteiger partial charge in [0.25, 0.3) is 5.91 Å². The molecule has 0 N–H and O–H groups in total. The Morgan fingerprint density at radius 2 is 1.79 bits per heavy atom. The van der Waals surface area contributed by atoms with Gasteiger partial charge in [0.2, 0.25) is 5.76 Å². The van der Waals surface area contributed by atoms with Crippen molar-refractivity contribution in [3.63, 3.8) is 0 Å². The Morgan fingerprint density at radius 3 is 2.45 bits per heavy atom. The minimum Gasteiger partial charge on any atom is -0.493 e. The number of rotatable bonds is 4. The van der Waals surface area contributed by atoms with Crippen molar-refractivity contribution in [2.75, 3.05) is 19.1 Å². The van der Waals surface area contributed by atoms with Gasteiger partial charge < -0.3 is 18.4 Å². The molecule has 8 nitrogen and oxygen atoms in total. The average Bonchev–Trinajstić information content (AvgIpc) is 3.35. The van der Waals surface area contributed by atoms with E-state index in [0.717, 1.165) is 0 Å². The zero-order valence-electron chi connectivity index (χ0n) is 17.6. The normalized spacial score (nSPS) is 15.2. The highest BCUT2D eigenvalue weighted by molar-refractivity contribution is 6.38. The minimum atomic E-state index is -0.866. The smallest absolute Gasteiger partial charge is 0.296 e. The lowest BCUT2D eigenvalue weighted by molar-refractivity contribution is 0.0969. The summed E-state index contributed by atoms with van der Waals surface area (Å²) in [6, 6.07) is 8.78. The highest BCUT2D eigenvalue weighted by Crippen LogP contribution is 2.43. The summed E-state index contributed by atoms with van der Waals surface area (Å²) in [5.41, 5.74) is 0.382. The summed E-state index contributed by atoms with van der Waals surface area (Å²) in [7, 11) is 3.02. The third-order valence-corrected chi connectivity index (χ3v) is 5.98. The van der Waals surface area contributed by atoms with Gasteiger partial charge in [-0.05, 0) is 36.8 Å². The Balaban J connectivity index is 1.83. The van der Waals surface area contributed by atoms with Gasteiger partial charge in [0.1, 0.15) is 5.76 Å². The van der Waals surface area contributed by atoms with Crippen LogP contribution in [0.2, 0.25) is 10.0 Å². The Morgan fingerprint density at radius 1 is 1.03 bits per heavy atom. The van der Waals surface area contributed by atoms with E-state index in [2.05, 4.69) is 5.16 Å². The molecular weight excluding hydrogens is 471 g/mol. The number of halogens is 2. The number of aromatic nitrogens is 1. The van der Waals surface area contributed by atoms with Gasteiger partial charge in [0.05, 0.1) is 36.2 Å². The van der Waals surface area contributed by atoms with Crippen LogP contribution in [0.4, 0.5) is 5.82 Å². The van der Waals surface area contributed by atoms with Crippen molar-refractivity contribution < 1.29 is 23.2 Å². The first-order chi connectivity index (χ1) is 15.8. The van der Waals surface area contributed by atoms with Crippen LogP contribution in [-0.4, -0.2) is 25.3 Å². The number of hydrogen-bond acceptors (Lipinski definition) is 7. The molecule has 0 saturated carbocycles. The van der Waals surface area contributed by atoms with Gasteiger partial charge in [0.15, 0.2) is 28.3 Å². The number of hydrogen-bond donors (Lipinski definition) is 0. The first-order valence-corrected chi connectivity index (χ1v) is 10.5. The van der Waals surface area contributed by atoms with Crippen molar-refractivity contribution in [1.82, 2.24) is 5.16 Å². The van der Waals surface area contributed by atoms with Crippen LogP contribution in [0.3, 0.4) is 0 Å². The lowest BCUT2D eigenvalue weighted by Gasteiger charge is -2.23. The van der Waals surface area contributed by atoms with E-state index in [9.17, 15) is 9.59 Å². The Hall–Kier alpha value is -3.49. The summed E-state index contributed by atoms with van der Waals surface area (Å²) in [5.74, 6) is 0.984. The fourth-order valence-corrected chi connectivity index (χ4v) is 4.57. The molecular formula is C23H16Cl2N2O6. The lowest BCUT2D eigenvalue weighted by Crippen LogP contribution is -2.29.